The summed E-state index contributed by atoms with van der Waals surface area (Å²) in [5.74, 6) is -0.668. The predicted molar refractivity (Wildman–Crippen MR) is 68.1 cm³/mol. The first-order valence-electron chi connectivity index (χ1n) is 5.71. The maximum atomic E-state index is 12.7. The summed E-state index contributed by atoms with van der Waals surface area (Å²) in [6.45, 7) is 0.399. The lowest BCUT2D eigenvalue weighted by Gasteiger charge is -2.17. The molecule has 1 aromatic heterocycles. The first-order valence-corrected chi connectivity index (χ1v) is 5.71. The molecule has 4 nitrogen and oxygen atoms in total. The van der Waals surface area contributed by atoms with Crippen LogP contribution in [0.1, 0.15) is 15.9 Å². The highest BCUT2D eigenvalue weighted by atomic mass is 19.1. The molecule has 1 amide bonds. The van der Waals surface area contributed by atoms with Crippen molar-refractivity contribution in [3.05, 3.63) is 59.7 Å². The number of phenols is 1. The van der Waals surface area contributed by atoms with Crippen molar-refractivity contribution in [3.63, 3.8) is 0 Å². The highest BCUT2D eigenvalue weighted by molar-refractivity contribution is 5.93. The number of phenolic OH excluding ortho intramolecular Hbond substituents is 1. The highest BCUT2D eigenvalue weighted by Crippen LogP contribution is 2.12. The quantitative estimate of drug-likeness (QED) is 0.861. The SMILES string of the molecule is CN(Cc1ccc(O)cc1)C(=O)c1ccc(F)nc1. The van der Waals surface area contributed by atoms with Crippen molar-refractivity contribution < 1.29 is 14.3 Å². The summed E-state index contributed by atoms with van der Waals surface area (Å²) in [4.78, 5) is 17.0. The van der Waals surface area contributed by atoms with E-state index in [9.17, 15) is 14.3 Å². The zero-order valence-electron chi connectivity index (χ0n) is 10.4. The van der Waals surface area contributed by atoms with Gasteiger partial charge >= 0.3 is 0 Å². The molecular weight excluding hydrogens is 247 g/mol. The molecule has 0 saturated carbocycles. The number of aromatic nitrogens is 1. The van der Waals surface area contributed by atoms with Gasteiger partial charge < -0.3 is 10.0 Å². The van der Waals surface area contributed by atoms with Crippen LogP contribution in [-0.2, 0) is 6.54 Å². The van der Waals surface area contributed by atoms with Crippen LogP contribution in [0.4, 0.5) is 4.39 Å². The van der Waals surface area contributed by atoms with Crippen molar-refractivity contribution in [3.8, 4) is 5.75 Å². The summed E-state index contributed by atoms with van der Waals surface area (Å²) >= 11 is 0. The Hall–Kier alpha value is -2.43. The number of rotatable bonds is 3. The van der Waals surface area contributed by atoms with E-state index >= 15 is 0 Å². The van der Waals surface area contributed by atoms with Gasteiger partial charge in [-0.2, -0.15) is 4.39 Å². The molecule has 1 N–H and O–H groups in total. The van der Waals surface area contributed by atoms with E-state index in [0.717, 1.165) is 11.6 Å². The minimum Gasteiger partial charge on any atom is -0.508 e. The largest absolute Gasteiger partial charge is 0.508 e. The number of hydrogen-bond acceptors (Lipinski definition) is 3. The molecule has 19 heavy (non-hydrogen) atoms. The molecule has 2 rings (SSSR count). The molecule has 0 bridgehead atoms. The van der Waals surface area contributed by atoms with E-state index < -0.39 is 5.95 Å². The molecule has 0 fully saturated rings. The van der Waals surface area contributed by atoms with Crippen LogP contribution < -0.4 is 0 Å². The normalized spacial score (nSPS) is 10.2. The number of benzene rings is 1. The van der Waals surface area contributed by atoms with Gasteiger partial charge in [0, 0.05) is 19.8 Å². The number of aromatic hydroxyl groups is 1. The Balaban J connectivity index is 2.07. The number of carbonyl (C=O) groups is 1. The van der Waals surface area contributed by atoms with Gasteiger partial charge in [-0.3, -0.25) is 4.79 Å². The molecule has 0 aliphatic carbocycles. The van der Waals surface area contributed by atoms with Crippen LogP contribution in [0.3, 0.4) is 0 Å². The minimum atomic E-state index is -0.613. The van der Waals surface area contributed by atoms with Crippen molar-refractivity contribution in [1.29, 1.82) is 0 Å². The Morgan fingerprint density at radius 1 is 1.26 bits per heavy atom. The fraction of sp³-hybridized carbons (Fsp3) is 0.143. The average Bonchev–Trinajstić information content (AvgIpc) is 2.41. The molecular formula is C14H13FN2O2. The molecule has 2 aromatic rings. The van der Waals surface area contributed by atoms with Gasteiger partial charge in [0.25, 0.3) is 5.91 Å². The number of hydrogen-bond donors (Lipinski definition) is 1. The summed E-state index contributed by atoms with van der Waals surface area (Å²) in [5.41, 5.74) is 1.23. The van der Waals surface area contributed by atoms with Crippen LogP contribution in [0.2, 0.25) is 0 Å². The minimum absolute atomic E-state index is 0.181. The second-order valence-electron chi connectivity index (χ2n) is 4.20. The lowest BCUT2D eigenvalue weighted by atomic mass is 10.2. The van der Waals surface area contributed by atoms with Crippen molar-refractivity contribution in [2.75, 3.05) is 7.05 Å². The summed E-state index contributed by atoms with van der Waals surface area (Å²) in [5, 5.41) is 9.18. The van der Waals surface area contributed by atoms with Gasteiger partial charge in [-0.05, 0) is 29.8 Å². The summed E-state index contributed by atoms with van der Waals surface area (Å²) in [7, 11) is 1.65. The average molecular weight is 260 g/mol. The number of halogens is 1. The van der Waals surface area contributed by atoms with E-state index in [4.69, 9.17) is 0 Å². The molecule has 0 atom stereocenters. The monoisotopic (exact) mass is 260 g/mol. The number of amides is 1. The third-order valence-corrected chi connectivity index (χ3v) is 2.68. The standard InChI is InChI=1S/C14H13FN2O2/c1-17(9-10-2-5-12(18)6-3-10)14(19)11-4-7-13(15)16-8-11/h2-8,18H,9H2,1H3. The molecule has 0 aliphatic rings. The van der Waals surface area contributed by atoms with Gasteiger partial charge in [-0.15, -0.1) is 0 Å². The van der Waals surface area contributed by atoms with Crippen LogP contribution in [-0.4, -0.2) is 27.9 Å². The number of nitrogens with zero attached hydrogens (tertiary/aromatic N) is 2. The van der Waals surface area contributed by atoms with Gasteiger partial charge in [0.2, 0.25) is 5.95 Å². The summed E-state index contributed by atoms with van der Waals surface area (Å²) in [6, 6.07) is 9.16. The van der Waals surface area contributed by atoms with Crippen LogP contribution in [0.5, 0.6) is 5.75 Å². The first kappa shape index (κ1) is 13.0. The Morgan fingerprint density at radius 2 is 1.95 bits per heavy atom. The van der Waals surface area contributed by atoms with E-state index in [1.165, 1.54) is 17.2 Å². The summed E-state index contributed by atoms with van der Waals surface area (Å²) < 4.78 is 12.7. The van der Waals surface area contributed by atoms with Crippen molar-refractivity contribution in [2.24, 2.45) is 0 Å². The van der Waals surface area contributed by atoms with Crippen molar-refractivity contribution in [2.45, 2.75) is 6.54 Å². The molecule has 0 aliphatic heterocycles. The Morgan fingerprint density at radius 3 is 2.53 bits per heavy atom. The molecule has 0 spiro atoms. The number of pyridine rings is 1. The van der Waals surface area contributed by atoms with Crippen LogP contribution in [0.25, 0.3) is 0 Å². The third-order valence-electron chi connectivity index (χ3n) is 2.68. The maximum Gasteiger partial charge on any atom is 0.255 e. The fourth-order valence-corrected chi connectivity index (χ4v) is 1.67. The molecule has 0 unspecified atom stereocenters. The fourth-order valence-electron chi connectivity index (χ4n) is 1.67. The van der Waals surface area contributed by atoms with Crippen LogP contribution >= 0.6 is 0 Å². The van der Waals surface area contributed by atoms with E-state index in [1.54, 1.807) is 31.3 Å². The lowest BCUT2D eigenvalue weighted by molar-refractivity contribution is 0.0784. The third kappa shape index (κ3) is 3.28. The molecule has 0 saturated heterocycles. The topological polar surface area (TPSA) is 53.4 Å². The van der Waals surface area contributed by atoms with Gasteiger partial charge in [0.1, 0.15) is 5.75 Å². The zero-order valence-corrected chi connectivity index (χ0v) is 10.4. The van der Waals surface area contributed by atoms with Crippen LogP contribution in [0, 0.1) is 5.95 Å². The van der Waals surface area contributed by atoms with Gasteiger partial charge in [0.15, 0.2) is 0 Å². The lowest BCUT2D eigenvalue weighted by Crippen LogP contribution is -2.26. The molecule has 98 valence electrons. The smallest absolute Gasteiger partial charge is 0.255 e. The van der Waals surface area contributed by atoms with Gasteiger partial charge in [-0.25, -0.2) is 4.98 Å². The Kier molecular flexibility index (Phi) is 3.75. The van der Waals surface area contributed by atoms with Gasteiger partial charge in [0.05, 0.1) is 5.56 Å². The highest BCUT2D eigenvalue weighted by Gasteiger charge is 2.12. The van der Waals surface area contributed by atoms with Crippen molar-refractivity contribution in [1.82, 2.24) is 9.88 Å². The van der Waals surface area contributed by atoms with Crippen molar-refractivity contribution >= 4 is 5.91 Å². The molecule has 1 heterocycles. The second kappa shape index (κ2) is 5.48. The molecule has 1 aromatic carbocycles. The Labute approximate surface area is 110 Å². The maximum absolute atomic E-state index is 12.7. The first-order chi connectivity index (χ1) is 9.06. The predicted octanol–water partition coefficient (Wildman–Crippen LogP) is 2.20. The van der Waals surface area contributed by atoms with E-state index in [0.29, 0.717) is 12.1 Å². The van der Waals surface area contributed by atoms with Crippen LogP contribution in [0.15, 0.2) is 42.6 Å². The summed E-state index contributed by atoms with van der Waals surface area (Å²) in [6.07, 6.45) is 1.21. The molecule has 0 radical (unpaired) electrons. The van der Waals surface area contributed by atoms with E-state index in [1.807, 2.05) is 0 Å². The van der Waals surface area contributed by atoms with E-state index in [2.05, 4.69) is 4.98 Å². The van der Waals surface area contributed by atoms with Gasteiger partial charge in [-0.1, -0.05) is 12.1 Å². The number of carbonyl (C=O) groups excluding carboxylic acids is 1. The second-order valence-corrected chi connectivity index (χ2v) is 4.20. The zero-order chi connectivity index (χ0) is 13.8. The Bertz CT molecular complexity index is 567. The van der Waals surface area contributed by atoms with E-state index in [-0.39, 0.29) is 11.7 Å². The molecule has 5 heteroatoms.